The predicted octanol–water partition coefficient (Wildman–Crippen LogP) is 4.29. The van der Waals surface area contributed by atoms with Gasteiger partial charge in [0.05, 0.1) is 4.08 Å². The van der Waals surface area contributed by atoms with Gasteiger partial charge in [0.15, 0.2) is 0 Å². The summed E-state index contributed by atoms with van der Waals surface area (Å²) in [6.07, 6.45) is 8.77. The maximum absolute atomic E-state index is 2.41. The van der Waals surface area contributed by atoms with Gasteiger partial charge in [0.1, 0.15) is 0 Å². The molecule has 76 valence electrons. The highest BCUT2D eigenvalue weighted by molar-refractivity contribution is 8.19. The lowest BCUT2D eigenvalue weighted by Crippen LogP contribution is -2.33. The minimum atomic E-state index is 0.634. The van der Waals surface area contributed by atoms with E-state index in [2.05, 4.69) is 37.4 Å². The van der Waals surface area contributed by atoms with Crippen LogP contribution in [0.3, 0.4) is 0 Å². The largest absolute Gasteiger partial charge is 0.141 e. The van der Waals surface area contributed by atoms with E-state index in [0.29, 0.717) is 4.08 Å². The highest BCUT2D eigenvalue weighted by Gasteiger charge is 2.39. The Morgan fingerprint density at radius 1 is 0.923 bits per heavy atom. The van der Waals surface area contributed by atoms with Crippen molar-refractivity contribution >= 4 is 23.5 Å². The summed E-state index contributed by atoms with van der Waals surface area (Å²) in [4.78, 5) is 0. The number of hydrogen-bond acceptors (Lipinski definition) is 2. The summed E-state index contributed by atoms with van der Waals surface area (Å²) in [5, 5.41) is 1.80. The van der Waals surface area contributed by atoms with Crippen molar-refractivity contribution in [2.75, 3.05) is 0 Å². The summed E-state index contributed by atoms with van der Waals surface area (Å²) in [5.74, 6) is 0. The SMILES string of the molecule is CC1CC(C)SC2(CCCCC2)S1. The minimum Gasteiger partial charge on any atom is -0.141 e. The molecule has 0 aromatic carbocycles. The van der Waals surface area contributed by atoms with Crippen molar-refractivity contribution in [2.45, 2.75) is 67.0 Å². The third-order valence-electron chi connectivity index (χ3n) is 3.11. The summed E-state index contributed by atoms with van der Waals surface area (Å²) in [7, 11) is 0. The molecule has 1 spiro atoms. The van der Waals surface area contributed by atoms with Crippen LogP contribution in [0.4, 0.5) is 0 Å². The first-order valence-electron chi connectivity index (χ1n) is 5.56. The monoisotopic (exact) mass is 216 g/mol. The first kappa shape index (κ1) is 10.2. The molecule has 0 radical (unpaired) electrons. The van der Waals surface area contributed by atoms with Crippen LogP contribution in [-0.4, -0.2) is 14.6 Å². The molecule has 2 atom stereocenters. The van der Waals surface area contributed by atoms with Gasteiger partial charge in [-0.3, -0.25) is 0 Å². The van der Waals surface area contributed by atoms with Crippen molar-refractivity contribution in [3.63, 3.8) is 0 Å². The van der Waals surface area contributed by atoms with Crippen LogP contribution in [0.15, 0.2) is 0 Å². The summed E-state index contributed by atoms with van der Waals surface area (Å²) in [6.45, 7) is 4.83. The van der Waals surface area contributed by atoms with Crippen molar-refractivity contribution in [3.05, 3.63) is 0 Å². The van der Waals surface area contributed by atoms with Crippen LogP contribution in [0, 0.1) is 0 Å². The van der Waals surface area contributed by atoms with Gasteiger partial charge in [-0.25, -0.2) is 0 Å². The zero-order chi connectivity index (χ0) is 9.31. The van der Waals surface area contributed by atoms with Crippen molar-refractivity contribution < 1.29 is 0 Å². The van der Waals surface area contributed by atoms with Gasteiger partial charge in [0.2, 0.25) is 0 Å². The Morgan fingerprint density at radius 3 is 2.00 bits per heavy atom. The zero-order valence-electron chi connectivity index (χ0n) is 8.71. The van der Waals surface area contributed by atoms with E-state index >= 15 is 0 Å². The Bertz CT molecular complexity index is 161. The molecule has 0 amide bonds. The van der Waals surface area contributed by atoms with Gasteiger partial charge in [-0.1, -0.05) is 33.1 Å². The molecule has 1 saturated heterocycles. The van der Waals surface area contributed by atoms with E-state index in [1.807, 2.05) is 0 Å². The fourth-order valence-electron chi connectivity index (χ4n) is 2.65. The molecular weight excluding hydrogens is 196 g/mol. The summed E-state index contributed by atoms with van der Waals surface area (Å²) >= 11 is 4.55. The Hall–Kier alpha value is 0.700. The Kier molecular flexibility index (Phi) is 3.19. The van der Waals surface area contributed by atoms with Crippen molar-refractivity contribution in [3.8, 4) is 0 Å². The molecule has 2 rings (SSSR count). The molecule has 2 aliphatic rings. The number of rotatable bonds is 0. The van der Waals surface area contributed by atoms with Gasteiger partial charge in [0.25, 0.3) is 0 Å². The second-order valence-electron chi connectivity index (χ2n) is 4.56. The lowest BCUT2D eigenvalue weighted by Gasteiger charge is -2.44. The first-order chi connectivity index (χ1) is 6.20. The molecule has 1 aliphatic carbocycles. The Labute approximate surface area is 90.6 Å². The van der Waals surface area contributed by atoms with Crippen LogP contribution in [0.5, 0.6) is 0 Å². The molecule has 0 N–H and O–H groups in total. The van der Waals surface area contributed by atoms with E-state index in [0.717, 1.165) is 10.5 Å². The van der Waals surface area contributed by atoms with E-state index in [1.165, 1.54) is 38.5 Å². The predicted molar refractivity (Wildman–Crippen MR) is 64.5 cm³/mol. The molecule has 0 bridgehead atoms. The standard InChI is InChI=1S/C11H20S2/c1-9-8-10(2)13-11(12-9)6-4-3-5-7-11/h9-10H,3-8H2,1-2H3. The topological polar surface area (TPSA) is 0 Å². The molecule has 2 unspecified atom stereocenters. The fourth-order valence-corrected chi connectivity index (χ4v) is 7.27. The second-order valence-corrected chi connectivity index (χ2v) is 8.47. The fraction of sp³-hybridized carbons (Fsp3) is 1.00. The quantitative estimate of drug-likeness (QED) is 0.592. The Balaban J connectivity index is 2.02. The zero-order valence-corrected chi connectivity index (χ0v) is 10.3. The van der Waals surface area contributed by atoms with E-state index in [-0.39, 0.29) is 0 Å². The molecule has 2 fully saturated rings. The summed E-state index contributed by atoms with van der Waals surface area (Å²) < 4.78 is 0.634. The first-order valence-corrected chi connectivity index (χ1v) is 7.32. The normalized spacial score (nSPS) is 39.2. The molecule has 2 heteroatoms. The van der Waals surface area contributed by atoms with Crippen LogP contribution in [0.25, 0.3) is 0 Å². The molecular formula is C11H20S2. The van der Waals surface area contributed by atoms with Gasteiger partial charge in [-0.05, 0) is 19.3 Å². The van der Waals surface area contributed by atoms with E-state index in [1.54, 1.807) is 0 Å². The van der Waals surface area contributed by atoms with Crippen LogP contribution in [0.2, 0.25) is 0 Å². The van der Waals surface area contributed by atoms with E-state index in [4.69, 9.17) is 0 Å². The van der Waals surface area contributed by atoms with Gasteiger partial charge in [-0.2, -0.15) is 0 Å². The third-order valence-corrected chi connectivity index (χ3v) is 6.55. The van der Waals surface area contributed by atoms with Gasteiger partial charge in [-0.15, -0.1) is 23.5 Å². The average Bonchev–Trinajstić information content (AvgIpc) is 2.02. The minimum absolute atomic E-state index is 0.634. The smallest absolute Gasteiger partial charge is 0.0616 e. The van der Waals surface area contributed by atoms with Gasteiger partial charge in [0, 0.05) is 10.5 Å². The van der Waals surface area contributed by atoms with Crippen LogP contribution in [0.1, 0.15) is 52.4 Å². The molecule has 1 heterocycles. The third kappa shape index (κ3) is 2.38. The van der Waals surface area contributed by atoms with Crippen molar-refractivity contribution in [1.29, 1.82) is 0 Å². The molecule has 13 heavy (non-hydrogen) atoms. The highest BCUT2D eigenvalue weighted by Crippen LogP contribution is 2.55. The lowest BCUT2D eigenvalue weighted by molar-refractivity contribution is 0.484. The molecule has 0 nitrogen and oxygen atoms in total. The van der Waals surface area contributed by atoms with E-state index < -0.39 is 0 Å². The maximum Gasteiger partial charge on any atom is 0.0616 e. The summed E-state index contributed by atoms with van der Waals surface area (Å²) in [6, 6.07) is 0. The highest BCUT2D eigenvalue weighted by atomic mass is 32.2. The van der Waals surface area contributed by atoms with Gasteiger partial charge >= 0.3 is 0 Å². The average molecular weight is 216 g/mol. The molecule has 0 aromatic rings. The maximum atomic E-state index is 2.41. The van der Waals surface area contributed by atoms with Crippen LogP contribution < -0.4 is 0 Å². The summed E-state index contributed by atoms with van der Waals surface area (Å²) in [5.41, 5.74) is 0. The van der Waals surface area contributed by atoms with Gasteiger partial charge < -0.3 is 0 Å². The molecule has 1 aliphatic heterocycles. The van der Waals surface area contributed by atoms with Crippen LogP contribution >= 0.6 is 23.5 Å². The molecule has 0 aromatic heterocycles. The number of hydrogen-bond donors (Lipinski definition) is 0. The molecule has 1 saturated carbocycles. The van der Waals surface area contributed by atoms with Crippen molar-refractivity contribution in [1.82, 2.24) is 0 Å². The second kappa shape index (κ2) is 4.06. The number of thioether (sulfide) groups is 2. The van der Waals surface area contributed by atoms with E-state index in [9.17, 15) is 0 Å². The lowest BCUT2D eigenvalue weighted by atomic mass is 9.99. The van der Waals surface area contributed by atoms with Crippen molar-refractivity contribution in [2.24, 2.45) is 0 Å². The Morgan fingerprint density at radius 2 is 1.46 bits per heavy atom. The van der Waals surface area contributed by atoms with Crippen LogP contribution in [-0.2, 0) is 0 Å².